The number of allylic oxidation sites excluding steroid dienone is 5. The predicted molar refractivity (Wildman–Crippen MR) is 99.0 cm³/mol. The van der Waals surface area contributed by atoms with Crippen LogP contribution in [0.1, 0.15) is 86.5 Å². The van der Waals surface area contributed by atoms with Gasteiger partial charge < -0.3 is 9.47 Å². The average molecular weight is 321 g/mol. The molecule has 0 aromatic carbocycles. The predicted octanol–water partition coefficient (Wildman–Crippen LogP) is 6.89. The van der Waals surface area contributed by atoms with E-state index in [0.717, 1.165) is 37.4 Å². The Morgan fingerprint density at radius 3 is 2.39 bits per heavy atom. The largest absolute Gasteiger partial charge is 0.457 e. The zero-order valence-electron chi connectivity index (χ0n) is 16.1. The van der Waals surface area contributed by atoms with Crippen LogP contribution in [0.25, 0.3) is 0 Å². The number of rotatable bonds is 10. The fourth-order valence-corrected chi connectivity index (χ4v) is 2.83. The Morgan fingerprint density at radius 1 is 1.13 bits per heavy atom. The van der Waals surface area contributed by atoms with Gasteiger partial charge in [0.1, 0.15) is 12.0 Å². The van der Waals surface area contributed by atoms with Crippen LogP contribution >= 0.6 is 0 Å². The second kappa shape index (κ2) is 9.85. The first-order chi connectivity index (χ1) is 10.8. The van der Waals surface area contributed by atoms with Crippen molar-refractivity contribution >= 4 is 0 Å². The number of hydrogen-bond donors (Lipinski definition) is 0. The second-order valence-corrected chi connectivity index (χ2v) is 7.55. The summed E-state index contributed by atoms with van der Waals surface area (Å²) in [7, 11) is 0. The lowest BCUT2D eigenvalue weighted by Crippen LogP contribution is -2.25. The van der Waals surface area contributed by atoms with Crippen molar-refractivity contribution in [3.63, 3.8) is 0 Å². The fourth-order valence-electron chi connectivity index (χ4n) is 2.83. The molecule has 1 aliphatic rings. The minimum absolute atomic E-state index is 0.465. The quantitative estimate of drug-likeness (QED) is 0.408. The summed E-state index contributed by atoms with van der Waals surface area (Å²) in [5.74, 6) is 1.22. The molecular weight excluding hydrogens is 284 g/mol. The molecule has 0 radical (unpaired) electrons. The zero-order valence-corrected chi connectivity index (χ0v) is 16.1. The van der Waals surface area contributed by atoms with Crippen molar-refractivity contribution in [2.24, 2.45) is 5.92 Å². The highest BCUT2D eigenvalue weighted by molar-refractivity contribution is 5.04. The molecule has 0 saturated heterocycles. The molecule has 23 heavy (non-hydrogen) atoms. The van der Waals surface area contributed by atoms with Crippen LogP contribution in [0.2, 0.25) is 0 Å². The number of hydrogen-bond acceptors (Lipinski definition) is 2. The van der Waals surface area contributed by atoms with Gasteiger partial charge in [0, 0.05) is 13.3 Å². The van der Waals surface area contributed by atoms with Gasteiger partial charge in [0.15, 0.2) is 0 Å². The van der Waals surface area contributed by atoms with Crippen LogP contribution in [0.3, 0.4) is 0 Å². The van der Waals surface area contributed by atoms with E-state index in [0.29, 0.717) is 0 Å². The van der Waals surface area contributed by atoms with Crippen LogP contribution in [-0.4, -0.2) is 5.79 Å². The highest BCUT2D eigenvalue weighted by atomic mass is 16.7. The van der Waals surface area contributed by atoms with Crippen LogP contribution < -0.4 is 0 Å². The van der Waals surface area contributed by atoms with E-state index >= 15 is 0 Å². The van der Waals surface area contributed by atoms with E-state index in [2.05, 4.69) is 39.8 Å². The normalized spacial score (nSPS) is 22.1. The maximum Gasteiger partial charge on any atom is 0.247 e. The molecule has 0 N–H and O–H groups in total. The van der Waals surface area contributed by atoms with Crippen LogP contribution in [-0.2, 0) is 9.47 Å². The molecule has 0 aromatic heterocycles. The monoisotopic (exact) mass is 320 g/mol. The minimum atomic E-state index is -0.465. The summed E-state index contributed by atoms with van der Waals surface area (Å²) >= 11 is 0. The maximum atomic E-state index is 5.70. The summed E-state index contributed by atoms with van der Waals surface area (Å²) in [6.45, 7) is 13.0. The van der Waals surface area contributed by atoms with Gasteiger partial charge in [-0.1, -0.05) is 43.6 Å². The van der Waals surface area contributed by atoms with Crippen LogP contribution in [0, 0.1) is 5.92 Å². The highest BCUT2D eigenvalue weighted by Crippen LogP contribution is 2.29. The molecule has 1 atom stereocenters. The molecule has 1 unspecified atom stereocenters. The third kappa shape index (κ3) is 8.88. The Labute approximate surface area is 143 Å². The van der Waals surface area contributed by atoms with Crippen molar-refractivity contribution in [1.82, 2.24) is 0 Å². The fraction of sp³-hybridized carbons (Fsp3) is 0.714. The Kier molecular flexibility index (Phi) is 8.51. The molecule has 0 aliphatic carbocycles. The van der Waals surface area contributed by atoms with E-state index in [9.17, 15) is 0 Å². The molecule has 132 valence electrons. The third-order valence-corrected chi connectivity index (χ3v) is 4.33. The molecule has 0 aromatic rings. The molecule has 0 amide bonds. The standard InChI is InChI=1S/C21H36O2/c1-17(2)10-7-11-18(3)12-8-13-19(4)14-9-15-21(6)22-16-20(5)23-21/h12,14,16-17H,7-11,13,15H2,1-6H3. The zero-order chi connectivity index (χ0) is 17.3. The van der Waals surface area contributed by atoms with Crippen molar-refractivity contribution in [1.29, 1.82) is 0 Å². The van der Waals surface area contributed by atoms with Gasteiger partial charge in [-0.15, -0.1) is 0 Å². The van der Waals surface area contributed by atoms with Crippen molar-refractivity contribution in [3.8, 4) is 0 Å². The third-order valence-electron chi connectivity index (χ3n) is 4.33. The molecule has 1 rings (SSSR count). The maximum absolute atomic E-state index is 5.70. The van der Waals surface area contributed by atoms with Gasteiger partial charge in [-0.3, -0.25) is 0 Å². The molecule has 0 fully saturated rings. The molecule has 2 nitrogen and oxygen atoms in total. The summed E-state index contributed by atoms with van der Waals surface area (Å²) in [5.41, 5.74) is 3.00. The topological polar surface area (TPSA) is 18.5 Å². The summed E-state index contributed by atoms with van der Waals surface area (Å²) in [6, 6.07) is 0. The van der Waals surface area contributed by atoms with E-state index in [1.165, 1.54) is 24.8 Å². The van der Waals surface area contributed by atoms with Crippen molar-refractivity contribution in [3.05, 3.63) is 35.3 Å². The van der Waals surface area contributed by atoms with Crippen LogP contribution in [0.15, 0.2) is 35.3 Å². The smallest absolute Gasteiger partial charge is 0.247 e. The molecule has 1 aliphatic heterocycles. The first kappa shape index (κ1) is 19.9. The van der Waals surface area contributed by atoms with Crippen molar-refractivity contribution < 1.29 is 9.47 Å². The Bertz CT molecular complexity index is 443. The summed E-state index contributed by atoms with van der Waals surface area (Å²) in [4.78, 5) is 0. The molecule has 0 spiro atoms. The van der Waals surface area contributed by atoms with Gasteiger partial charge >= 0.3 is 0 Å². The average Bonchev–Trinajstić information content (AvgIpc) is 2.78. The van der Waals surface area contributed by atoms with E-state index in [1.807, 2.05) is 13.8 Å². The van der Waals surface area contributed by atoms with Gasteiger partial charge in [0.2, 0.25) is 5.79 Å². The Balaban J connectivity index is 2.19. The lowest BCUT2D eigenvalue weighted by Gasteiger charge is -2.23. The van der Waals surface area contributed by atoms with Gasteiger partial charge in [-0.05, 0) is 58.8 Å². The molecule has 2 heteroatoms. The lowest BCUT2D eigenvalue weighted by atomic mass is 10.0. The summed E-state index contributed by atoms with van der Waals surface area (Å²) in [6.07, 6.45) is 14.6. The molecule has 0 saturated carbocycles. The van der Waals surface area contributed by atoms with Gasteiger partial charge in [0.25, 0.3) is 0 Å². The Hall–Kier alpha value is -1.18. The minimum Gasteiger partial charge on any atom is -0.457 e. The molecule has 1 heterocycles. The van der Waals surface area contributed by atoms with Gasteiger partial charge in [-0.2, -0.15) is 0 Å². The van der Waals surface area contributed by atoms with Gasteiger partial charge in [-0.25, -0.2) is 0 Å². The Morgan fingerprint density at radius 2 is 1.78 bits per heavy atom. The van der Waals surface area contributed by atoms with Crippen LogP contribution in [0.4, 0.5) is 0 Å². The highest BCUT2D eigenvalue weighted by Gasteiger charge is 2.30. The first-order valence-corrected chi connectivity index (χ1v) is 9.15. The van der Waals surface area contributed by atoms with E-state index in [4.69, 9.17) is 9.47 Å². The first-order valence-electron chi connectivity index (χ1n) is 9.15. The van der Waals surface area contributed by atoms with Crippen LogP contribution in [0.5, 0.6) is 0 Å². The van der Waals surface area contributed by atoms with Crippen molar-refractivity contribution in [2.75, 3.05) is 0 Å². The van der Waals surface area contributed by atoms with E-state index in [1.54, 1.807) is 11.8 Å². The molecule has 0 bridgehead atoms. The molecular formula is C21H36O2. The lowest BCUT2D eigenvalue weighted by molar-refractivity contribution is -0.136. The summed E-state index contributed by atoms with van der Waals surface area (Å²) in [5, 5.41) is 0. The summed E-state index contributed by atoms with van der Waals surface area (Å²) < 4.78 is 11.3. The van der Waals surface area contributed by atoms with E-state index in [-0.39, 0.29) is 0 Å². The van der Waals surface area contributed by atoms with E-state index < -0.39 is 5.79 Å². The van der Waals surface area contributed by atoms with Crippen molar-refractivity contribution in [2.45, 2.75) is 92.3 Å². The van der Waals surface area contributed by atoms with Gasteiger partial charge in [0.05, 0.1) is 0 Å². The SMILES string of the molecule is CC(=CCCC1(C)OC=C(C)O1)CCC=C(C)CCCC(C)C. The second-order valence-electron chi connectivity index (χ2n) is 7.55. The number of ether oxygens (including phenoxy) is 2.